The SMILES string of the molecule is c1ccc([Si](c2ccccc2)(c2ccc(-n3c4ccccc4c4ccccc43)cc2)c2ccc(-n3c4ccccc4c4cccnc43)cc2)cc1. The molecule has 0 amide bonds. The first-order valence-corrected chi connectivity index (χ1v) is 19.5. The highest BCUT2D eigenvalue weighted by atomic mass is 28.3. The van der Waals surface area contributed by atoms with E-state index >= 15 is 0 Å². The topological polar surface area (TPSA) is 22.8 Å². The zero-order valence-electron chi connectivity index (χ0n) is 27.9. The van der Waals surface area contributed by atoms with E-state index in [4.69, 9.17) is 4.98 Å². The fourth-order valence-electron chi connectivity index (χ4n) is 8.36. The summed E-state index contributed by atoms with van der Waals surface area (Å²) in [5, 5.41) is 10.3. The third kappa shape index (κ3) is 4.47. The minimum Gasteiger partial charge on any atom is -0.309 e. The molecule has 0 unspecified atom stereocenters. The zero-order chi connectivity index (χ0) is 33.8. The summed E-state index contributed by atoms with van der Waals surface area (Å²) in [6.07, 6.45) is 1.89. The van der Waals surface area contributed by atoms with Crippen LogP contribution < -0.4 is 20.7 Å². The van der Waals surface area contributed by atoms with Crippen molar-refractivity contribution < 1.29 is 0 Å². The molecule has 0 aliphatic heterocycles. The Morgan fingerprint density at radius 3 is 1.20 bits per heavy atom. The molecule has 0 radical (unpaired) electrons. The minimum absolute atomic E-state index is 0.974. The highest BCUT2D eigenvalue weighted by molar-refractivity contribution is 7.19. The van der Waals surface area contributed by atoms with Crippen molar-refractivity contribution in [3.8, 4) is 11.4 Å². The number of rotatable bonds is 6. The third-order valence-electron chi connectivity index (χ3n) is 10.5. The highest BCUT2D eigenvalue weighted by Gasteiger charge is 2.41. The van der Waals surface area contributed by atoms with Crippen LogP contribution in [0.4, 0.5) is 0 Å². The summed E-state index contributed by atoms with van der Waals surface area (Å²) in [7, 11) is -2.76. The Morgan fingerprint density at radius 1 is 0.314 bits per heavy atom. The molecule has 0 saturated heterocycles. The summed E-state index contributed by atoms with van der Waals surface area (Å²) < 4.78 is 4.69. The second-order valence-corrected chi connectivity index (χ2v) is 17.0. The number of aromatic nitrogens is 3. The third-order valence-corrected chi connectivity index (χ3v) is 15.3. The van der Waals surface area contributed by atoms with Gasteiger partial charge in [-0.2, -0.15) is 0 Å². The number of nitrogens with zero attached hydrogens (tertiary/aromatic N) is 3. The number of hydrogen-bond donors (Lipinski definition) is 0. The van der Waals surface area contributed by atoms with Crippen LogP contribution in [0.25, 0.3) is 55.1 Å². The molecule has 0 aliphatic carbocycles. The Labute approximate surface area is 297 Å². The van der Waals surface area contributed by atoms with E-state index in [0.717, 1.165) is 27.9 Å². The van der Waals surface area contributed by atoms with Crippen molar-refractivity contribution in [3.05, 3.63) is 200 Å². The molecule has 51 heavy (non-hydrogen) atoms. The molecule has 0 bridgehead atoms. The zero-order valence-corrected chi connectivity index (χ0v) is 28.9. The second kappa shape index (κ2) is 11.8. The smallest absolute Gasteiger partial charge is 0.179 e. The van der Waals surface area contributed by atoms with E-state index in [9.17, 15) is 0 Å². The Bertz CT molecular complexity index is 2530. The van der Waals surface area contributed by atoms with Gasteiger partial charge in [0.2, 0.25) is 0 Å². The largest absolute Gasteiger partial charge is 0.309 e. The van der Waals surface area contributed by atoms with Crippen LogP contribution in [-0.4, -0.2) is 22.2 Å². The molecule has 0 spiro atoms. The average Bonchev–Trinajstić information content (AvgIpc) is 3.73. The van der Waals surface area contributed by atoms with Crippen molar-refractivity contribution in [2.24, 2.45) is 0 Å². The summed E-state index contributed by atoms with van der Waals surface area (Å²) in [5.41, 5.74) is 6.84. The van der Waals surface area contributed by atoms with Gasteiger partial charge < -0.3 is 4.57 Å². The van der Waals surface area contributed by atoms with Gasteiger partial charge in [-0.3, -0.25) is 4.57 Å². The fourth-order valence-corrected chi connectivity index (χ4v) is 13.1. The molecular weight excluding hydrogens is 635 g/mol. The Kier molecular flexibility index (Phi) is 6.83. The standard InChI is InChI=1S/C47H33N3Si/c1-3-14-36(15-4-1)51(37-16-5-2-6-17-37,38-29-25-34(26-30-38)49-44-22-10-7-18-40(44)41-19-8-11-23-45(41)49)39-31-27-35(28-32-39)50-46-24-12-9-20-42(46)43-21-13-33-48-47(43)50/h1-33H. The van der Waals surface area contributed by atoms with Gasteiger partial charge >= 0.3 is 0 Å². The maximum atomic E-state index is 4.85. The highest BCUT2D eigenvalue weighted by Crippen LogP contribution is 2.32. The molecule has 10 aromatic rings. The van der Waals surface area contributed by atoms with Crippen molar-refractivity contribution in [1.82, 2.24) is 14.1 Å². The number of benzene rings is 7. The summed E-state index contributed by atoms with van der Waals surface area (Å²) in [5.74, 6) is 0. The molecule has 0 saturated carbocycles. The van der Waals surface area contributed by atoms with Crippen LogP contribution in [0.3, 0.4) is 0 Å². The quantitative estimate of drug-likeness (QED) is 0.129. The monoisotopic (exact) mass is 667 g/mol. The van der Waals surface area contributed by atoms with E-state index in [1.807, 2.05) is 12.3 Å². The van der Waals surface area contributed by atoms with Gasteiger partial charge in [-0.15, -0.1) is 0 Å². The van der Waals surface area contributed by atoms with Crippen LogP contribution in [0, 0.1) is 0 Å². The molecular formula is C47H33N3Si. The van der Waals surface area contributed by atoms with Crippen molar-refractivity contribution in [1.29, 1.82) is 0 Å². The van der Waals surface area contributed by atoms with Gasteiger partial charge in [-0.1, -0.05) is 140 Å². The molecule has 3 nitrogen and oxygen atoms in total. The first kappa shape index (κ1) is 29.4. The maximum Gasteiger partial charge on any atom is 0.179 e. The predicted octanol–water partition coefficient (Wildman–Crippen LogP) is 8.65. The normalized spacial score (nSPS) is 11.9. The number of hydrogen-bond acceptors (Lipinski definition) is 1. The van der Waals surface area contributed by atoms with Crippen molar-refractivity contribution in [2.45, 2.75) is 0 Å². The van der Waals surface area contributed by atoms with E-state index in [1.54, 1.807) is 0 Å². The predicted molar refractivity (Wildman–Crippen MR) is 217 cm³/mol. The van der Waals surface area contributed by atoms with Gasteiger partial charge in [0.05, 0.1) is 16.6 Å². The molecule has 0 N–H and O–H groups in total. The minimum atomic E-state index is -2.76. The summed E-state index contributed by atoms with van der Waals surface area (Å²) >= 11 is 0. The number of pyridine rings is 1. The van der Waals surface area contributed by atoms with Crippen LogP contribution in [0.2, 0.25) is 0 Å². The summed E-state index contributed by atoms with van der Waals surface area (Å²) in [4.78, 5) is 4.85. The molecule has 240 valence electrons. The van der Waals surface area contributed by atoms with Crippen molar-refractivity contribution in [2.75, 3.05) is 0 Å². The summed E-state index contributed by atoms with van der Waals surface area (Å²) in [6, 6.07) is 71.2. The Hall–Kier alpha value is -6.49. The molecule has 0 atom stereocenters. The van der Waals surface area contributed by atoms with Gasteiger partial charge in [0.1, 0.15) is 5.65 Å². The molecule has 0 fully saturated rings. The number of fused-ring (bicyclic) bond motifs is 6. The van der Waals surface area contributed by atoms with Crippen LogP contribution in [0.5, 0.6) is 0 Å². The Morgan fingerprint density at radius 2 is 0.686 bits per heavy atom. The summed E-state index contributed by atoms with van der Waals surface area (Å²) in [6.45, 7) is 0. The molecule has 7 aromatic carbocycles. The van der Waals surface area contributed by atoms with E-state index in [2.05, 4.69) is 197 Å². The van der Waals surface area contributed by atoms with Gasteiger partial charge in [0, 0.05) is 39.1 Å². The van der Waals surface area contributed by atoms with Crippen LogP contribution >= 0.6 is 0 Å². The average molecular weight is 668 g/mol. The van der Waals surface area contributed by atoms with E-state index in [-0.39, 0.29) is 0 Å². The fraction of sp³-hybridized carbons (Fsp3) is 0. The lowest BCUT2D eigenvalue weighted by Crippen LogP contribution is -2.74. The molecule has 3 aromatic heterocycles. The van der Waals surface area contributed by atoms with Crippen molar-refractivity contribution in [3.63, 3.8) is 0 Å². The first-order valence-electron chi connectivity index (χ1n) is 17.5. The van der Waals surface area contributed by atoms with Gasteiger partial charge in [0.25, 0.3) is 0 Å². The lowest BCUT2D eigenvalue weighted by atomic mass is 10.2. The lowest BCUT2D eigenvalue weighted by molar-refractivity contribution is 1.14. The van der Waals surface area contributed by atoms with E-state index < -0.39 is 8.07 Å². The van der Waals surface area contributed by atoms with E-state index in [0.29, 0.717) is 0 Å². The number of para-hydroxylation sites is 3. The van der Waals surface area contributed by atoms with Crippen LogP contribution in [-0.2, 0) is 0 Å². The lowest BCUT2D eigenvalue weighted by Gasteiger charge is -2.34. The molecule has 4 heteroatoms. The van der Waals surface area contributed by atoms with Gasteiger partial charge in [0.15, 0.2) is 8.07 Å². The van der Waals surface area contributed by atoms with E-state index in [1.165, 1.54) is 47.9 Å². The van der Waals surface area contributed by atoms with Crippen LogP contribution in [0.1, 0.15) is 0 Å². The van der Waals surface area contributed by atoms with Crippen molar-refractivity contribution >= 4 is 72.6 Å². The van der Waals surface area contributed by atoms with Gasteiger partial charge in [-0.05, 0) is 75.3 Å². The molecule has 3 heterocycles. The second-order valence-electron chi connectivity index (χ2n) is 13.2. The Balaban J connectivity index is 1.19. The van der Waals surface area contributed by atoms with Gasteiger partial charge in [-0.25, -0.2) is 4.98 Å². The maximum absolute atomic E-state index is 4.85. The van der Waals surface area contributed by atoms with Crippen LogP contribution in [0.15, 0.2) is 200 Å². The molecule has 0 aliphatic rings. The first-order chi connectivity index (χ1) is 25.3. The molecule has 10 rings (SSSR count).